The SMILES string of the molecule is CNC(CCC#N)C1CCN(c2ccc3c(=O)[nH]c(=O)n(C4CC4)c3c2OC)C1. The molecule has 0 radical (unpaired) electrons. The Morgan fingerprint density at radius 1 is 1.34 bits per heavy atom. The van der Waals surface area contributed by atoms with E-state index >= 15 is 0 Å². The van der Waals surface area contributed by atoms with Crippen LogP contribution in [-0.2, 0) is 0 Å². The van der Waals surface area contributed by atoms with Gasteiger partial charge in [0.25, 0.3) is 5.56 Å². The van der Waals surface area contributed by atoms with E-state index in [1.807, 2.05) is 13.1 Å². The van der Waals surface area contributed by atoms with Gasteiger partial charge in [-0.2, -0.15) is 5.26 Å². The van der Waals surface area contributed by atoms with Crippen LogP contribution >= 0.6 is 0 Å². The zero-order chi connectivity index (χ0) is 20.5. The molecule has 1 saturated carbocycles. The molecule has 154 valence electrons. The van der Waals surface area contributed by atoms with Crippen molar-refractivity contribution in [2.24, 2.45) is 5.92 Å². The molecule has 1 saturated heterocycles. The zero-order valence-electron chi connectivity index (χ0n) is 16.9. The molecule has 2 heterocycles. The Balaban J connectivity index is 1.74. The number of nitriles is 1. The molecule has 2 unspecified atom stereocenters. The lowest BCUT2D eigenvalue weighted by atomic mass is 9.95. The maximum atomic E-state index is 12.5. The van der Waals surface area contributed by atoms with E-state index in [-0.39, 0.29) is 17.3 Å². The third-order valence-corrected chi connectivity index (χ3v) is 6.22. The summed E-state index contributed by atoms with van der Waals surface area (Å²) in [4.78, 5) is 29.6. The lowest BCUT2D eigenvalue weighted by molar-refractivity contribution is 0.381. The number of ether oxygens (including phenoxy) is 1. The fourth-order valence-corrected chi connectivity index (χ4v) is 4.61. The fraction of sp³-hybridized carbons (Fsp3) is 0.571. The molecule has 0 bridgehead atoms. The van der Waals surface area contributed by atoms with Crippen molar-refractivity contribution < 1.29 is 4.74 Å². The lowest BCUT2D eigenvalue weighted by Crippen LogP contribution is -2.35. The standard InChI is InChI=1S/C21H27N5O3/c1-23-16(4-3-10-22)13-9-11-25(12-13)17-8-7-15-18(19(17)29-2)26(14-5-6-14)21(28)24-20(15)27/h7-8,13-14,16,23H,3-6,9,11-12H2,1-2H3,(H,24,27,28). The molecule has 4 rings (SSSR count). The lowest BCUT2D eigenvalue weighted by Gasteiger charge is -2.25. The Bertz CT molecular complexity index is 1060. The second kappa shape index (κ2) is 7.91. The van der Waals surface area contributed by atoms with Crippen molar-refractivity contribution in [3.05, 3.63) is 33.0 Å². The van der Waals surface area contributed by atoms with E-state index in [9.17, 15) is 9.59 Å². The van der Waals surface area contributed by atoms with Gasteiger partial charge in [-0.05, 0) is 50.8 Å². The first-order valence-electron chi connectivity index (χ1n) is 10.2. The van der Waals surface area contributed by atoms with Crippen molar-refractivity contribution >= 4 is 16.6 Å². The molecule has 0 amide bonds. The van der Waals surface area contributed by atoms with Crippen molar-refractivity contribution in [2.45, 2.75) is 44.2 Å². The van der Waals surface area contributed by atoms with Gasteiger partial charge in [0.2, 0.25) is 0 Å². The van der Waals surface area contributed by atoms with Gasteiger partial charge in [-0.15, -0.1) is 0 Å². The molecule has 2 aromatic rings. The Morgan fingerprint density at radius 3 is 2.79 bits per heavy atom. The molecule has 1 aliphatic heterocycles. The van der Waals surface area contributed by atoms with Crippen LogP contribution < -0.4 is 26.2 Å². The predicted octanol–water partition coefficient (Wildman–Crippen LogP) is 1.75. The second-order valence-corrected chi connectivity index (χ2v) is 7.96. The highest BCUT2D eigenvalue weighted by Crippen LogP contribution is 2.42. The highest BCUT2D eigenvalue weighted by molar-refractivity contribution is 5.90. The van der Waals surface area contributed by atoms with Crippen LogP contribution in [0.1, 0.15) is 38.1 Å². The summed E-state index contributed by atoms with van der Waals surface area (Å²) >= 11 is 0. The van der Waals surface area contributed by atoms with Gasteiger partial charge < -0.3 is 15.0 Å². The molecular formula is C21H27N5O3. The third kappa shape index (κ3) is 3.51. The molecule has 2 atom stereocenters. The van der Waals surface area contributed by atoms with Gasteiger partial charge in [-0.3, -0.25) is 14.3 Å². The number of aromatic nitrogens is 2. The number of rotatable bonds is 7. The van der Waals surface area contributed by atoms with Gasteiger partial charge in [-0.1, -0.05) is 0 Å². The van der Waals surface area contributed by atoms with Gasteiger partial charge in [-0.25, -0.2) is 4.79 Å². The van der Waals surface area contributed by atoms with Crippen LogP contribution in [0.3, 0.4) is 0 Å². The smallest absolute Gasteiger partial charge is 0.329 e. The van der Waals surface area contributed by atoms with Crippen LogP contribution in [0.5, 0.6) is 5.75 Å². The van der Waals surface area contributed by atoms with Crippen molar-refractivity contribution in [3.8, 4) is 11.8 Å². The van der Waals surface area contributed by atoms with E-state index in [1.165, 1.54) is 0 Å². The number of nitrogens with one attached hydrogen (secondary N) is 2. The monoisotopic (exact) mass is 397 g/mol. The Hall–Kier alpha value is -2.79. The average molecular weight is 397 g/mol. The first-order chi connectivity index (χ1) is 14.1. The van der Waals surface area contributed by atoms with Crippen molar-refractivity contribution in [3.63, 3.8) is 0 Å². The van der Waals surface area contributed by atoms with E-state index in [1.54, 1.807) is 17.7 Å². The van der Waals surface area contributed by atoms with E-state index in [4.69, 9.17) is 10.00 Å². The van der Waals surface area contributed by atoms with Crippen molar-refractivity contribution in [2.75, 3.05) is 32.1 Å². The molecule has 8 heteroatoms. The molecule has 2 aliphatic rings. The number of fused-ring (bicyclic) bond motifs is 1. The minimum absolute atomic E-state index is 0.122. The van der Waals surface area contributed by atoms with Crippen LogP contribution in [0.2, 0.25) is 0 Å². The van der Waals surface area contributed by atoms with E-state index in [0.29, 0.717) is 35.0 Å². The molecule has 29 heavy (non-hydrogen) atoms. The van der Waals surface area contributed by atoms with E-state index < -0.39 is 0 Å². The van der Waals surface area contributed by atoms with E-state index in [0.717, 1.165) is 44.5 Å². The summed E-state index contributed by atoms with van der Waals surface area (Å²) < 4.78 is 7.46. The first kappa shape index (κ1) is 19.5. The topological polar surface area (TPSA) is 103 Å². The van der Waals surface area contributed by atoms with Crippen LogP contribution in [0.15, 0.2) is 21.7 Å². The summed E-state index contributed by atoms with van der Waals surface area (Å²) in [6, 6.07) is 6.36. The quantitative estimate of drug-likeness (QED) is 0.738. The van der Waals surface area contributed by atoms with Crippen molar-refractivity contribution in [1.82, 2.24) is 14.9 Å². The highest BCUT2D eigenvalue weighted by atomic mass is 16.5. The average Bonchev–Trinajstić information content (AvgIpc) is 3.43. The summed E-state index contributed by atoms with van der Waals surface area (Å²) in [5.41, 5.74) is 0.765. The molecule has 1 aromatic heterocycles. The molecule has 2 N–H and O–H groups in total. The Labute approximate surface area is 169 Å². The third-order valence-electron chi connectivity index (χ3n) is 6.22. The van der Waals surface area contributed by atoms with Crippen LogP contribution in [0, 0.1) is 17.2 Å². The number of aromatic amines is 1. The molecule has 8 nitrogen and oxygen atoms in total. The number of hydrogen-bond acceptors (Lipinski definition) is 6. The number of hydrogen-bond donors (Lipinski definition) is 2. The Kier molecular flexibility index (Phi) is 5.33. The summed E-state index contributed by atoms with van der Waals surface area (Å²) in [6.45, 7) is 1.71. The summed E-state index contributed by atoms with van der Waals surface area (Å²) in [5, 5.41) is 12.8. The second-order valence-electron chi connectivity index (χ2n) is 7.96. The van der Waals surface area contributed by atoms with Gasteiger partial charge in [0.15, 0.2) is 5.75 Å². The van der Waals surface area contributed by atoms with Gasteiger partial charge >= 0.3 is 5.69 Å². The van der Waals surface area contributed by atoms with Crippen molar-refractivity contribution in [1.29, 1.82) is 5.26 Å². The molecule has 1 aliphatic carbocycles. The number of H-pyrrole nitrogens is 1. The Morgan fingerprint density at radius 2 is 2.14 bits per heavy atom. The molecule has 0 spiro atoms. The van der Waals surface area contributed by atoms with Crippen LogP contribution in [-0.4, -0.2) is 42.8 Å². The van der Waals surface area contributed by atoms with Crippen LogP contribution in [0.4, 0.5) is 5.69 Å². The van der Waals surface area contributed by atoms with Gasteiger partial charge in [0, 0.05) is 31.6 Å². The minimum atomic E-state index is -0.377. The number of benzene rings is 1. The maximum Gasteiger partial charge on any atom is 0.329 e. The normalized spacial score (nSPS) is 20.0. The minimum Gasteiger partial charge on any atom is -0.492 e. The number of nitrogens with zero attached hydrogens (tertiary/aromatic N) is 3. The maximum absolute atomic E-state index is 12.5. The van der Waals surface area contributed by atoms with Gasteiger partial charge in [0.05, 0.1) is 24.3 Å². The largest absolute Gasteiger partial charge is 0.492 e. The molecule has 2 fully saturated rings. The highest BCUT2D eigenvalue weighted by Gasteiger charge is 2.33. The van der Waals surface area contributed by atoms with Crippen LogP contribution in [0.25, 0.3) is 10.9 Å². The summed E-state index contributed by atoms with van der Waals surface area (Å²) in [7, 11) is 3.54. The number of methoxy groups -OCH3 is 1. The predicted molar refractivity (Wildman–Crippen MR) is 112 cm³/mol. The zero-order valence-corrected chi connectivity index (χ0v) is 16.9. The first-order valence-corrected chi connectivity index (χ1v) is 10.2. The van der Waals surface area contributed by atoms with Gasteiger partial charge in [0.1, 0.15) is 5.52 Å². The fourth-order valence-electron chi connectivity index (χ4n) is 4.61. The van der Waals surface area contributed by atoms with E-state index in [2.05, 4.69) is 21.3 Å². The molecule has 1 aromatic carbocycles. The number of anilines is 1. The summed E-state index contributed by atoms with van der Waals surface area (Å²) in [5.74, 6) is 1.02. The summed E-state index contributed by atoms with van der Waals surface area (Å²) in [6.07, 6.45) is 4.25. The molecular weight excluding hydrogens is 370 g/mol.